The van der Waals surface area contributed by atoms with Gasteiger partial charge < -0.3 is 8.94 Å². The van der Waals surface area contributed by atoms with Crippen molar-refractivity contribution in [1.82, 2.24) is 15.0 Å². The third-order valence-corrected chi connectivity index (χ3v) is 3.31. The second kappa shape index (κ2) is 5.40. The van der Waals surface area contributed by atoms with E-state index in [1.807, 2.05) is 27.1 Å². The van der Waals surface area contributed by atoms with Gasteiger partial charge in [0.2, 0.25) is 5.89 Å². The standard InChI is InChI=1S/C15H23N3O2/c1-10-12(11(2)20-17-10)8-18(6)9-14-16-7-13(19-14)15(3,4)5/h7H,8-9H2,1-6H3. The van der Waals surface area contributed by atoms with Gasteiger partial charge in [-0.15, -0.1) is 0 Å². The van der Waals surface area contributed by atoms with E-state index < -0.39 is 0 Å². The van der Waals surface area contributed by atoms with Crippen LogP contribution in [0.25, 0.3) is 0 Å². The minimum atomic E-state index is -0.00846. The molecule has 0 fully saturated rings. The molecule has 0 unspecified atom stereocenters. The van der Waals surface area contributed by atoms with Gasteiger partial charge in [0, 0.05) is 17.5 Å². The van der Waals surface area contributed by atoms with Crippen molar-refractivity contribution in [2.45, 2.75) is 53.1 Å². The van der Waals surface area contributed by atoms with Crippen LogP contribution in [0.3, 0.4) is 0 Å². The van der Waals surface area contributed by atoms with Gasteiger partial charge in [-0.2, -0.15) is 0 Å². The molecule has 20 heavy (non-hydrogen) atoms. The third kappa shape index (κ3) is 3.28. The van der Waals surface area contributed by atoms with Crippen LogP contribution >= 0.6 is 0 Å². The molecule has 2 aromatic rings. The molecule has 5 heteroatoms. The first-order chi connectivity index (χ1) is 9.27. The van der Waals surface area contributed by atoms with E-state index in [4.69, 9.17) is 8.94 Å². The monoisotopic (exact) mass is 277 g/mol. The van der Waals surface area contributed by atoms with E-state index in [9.17, 15) is 0 Å². The van der Waals surface area contributed by atoms with E-state index in [2.05, 4.69) is 35.8 Å². The van der Waals surface area contributed by atoms with Gasteiger partial charge in [-0.3, -0.25) is 4.90 Å². The summed E-state index contributed by atoms with van der Waals surface area (Å²) in [6.07, 6.45) is 1.82. The van der Waals surface area contributed by atoms with Crippen LogP contribution in [0.4, 0.5) is 0 Å². The lowest BCUT2D eigenvalue weighted by molar-refractivity contribution is 0.267. The Morgan fingerprint density at radius 2 is 1.90 bits per heavy atom. The Labute approximate surface area is 120 Å². The molecule has 0 aliphatic heterocycles. The normalized spacial score (nSPS) is 12.3. The minimum Gasteiger partial charge on any atom is -0.444 e. The van der Waals surface area contributed by atoms with Crippen LogP contribution in [0.5, 0.6) is 0 Å². The summed E-state index contributed by atoms with van der Waals surface area (Å²) in [5.74, 6) is 2.53. The van der Waals surface area contributed by atoms with E-state index in [0.29, 0.717) is 6.54 Å². The predicted molar refractivity (Wildman–Crippen MR) is 76.4 cm³/mol. The fraction of sp³-hybridized carbons (Fsp3) is 0.600. The SMILES string of the molecule is Cc1noc(C)c1CN(C)Cc1ncc(C(C)(C)C)o1. The van der Waals surface area contributed by atoms with Crippen LogP contribution < -0.4 is 0 Å². The molecule has 0 aliphatic rings. The highest BCUT2D eigenvalue weighted by atomic mass is 16.5. The molecule has 0 amide bonds. The molecule has 2 aromatic heterocycles. The summed E-state index contributed by atoms with van der Waals surface area (Å²) in [5.41, 5.74) is 2.07. The Bertz CT molecular complexity index is 559. The lowest BCUT2D eigenvalue weighted by atomic mass is 9.94. The van der Waals surface area contributed by atoms with E-state index in [1.54, 1.807) is 0 Å². The number of hydrogen-bond donors (Lipinski definition) is 0. The zero-order chi connectivity index (χ0) is 14.9. The average molecular weight is 277 g/mol. The molecule has 0 bridgehead atoms. The Balaban J connectivity index is 2.02. The highest BCUT2D eigenvalue weighted by molar-refractivity contribution is 5.20. The summed E-state index contributed by atoms with van der Waals surface area (Å²) in [4.78, 5) is 6.49. The highest BCUT2D eigenvalue weighted by Gasteiger charge is 2.20. The van der Waals surface area contributed by atoms with Crippen molar-refractivity contribution in [2.24, 2.45) is 0 Å². The van der Waals surface area contributed by atoms with E-state index in [0.717, 1.165) is 35.2 Å². The van der Waals surface area contributed by atoms with Gasteiger partial charge in [0.15, 0.2) is 0 Å². The molecule has 0 radical (unpaired) electrons. The number of hydrogen-bond acceptors (Lipinski definition) is 5. The second-order valence-electron chi connectivity index (χ2n) is 6.34. The van der Waals surface area contributed by atoms with Gasteiger partial charge in [0.25, 0.3) is 0 Å². The Morgan fingerprint density at radius 3 is 2.40 bits per heavy atom. The van der Waals surface area contributed by atoms with Crippen molar-refractivity contribution in [3.8, 4) is 0 Å². The molecular formula is C15H23N3O2. The summed E-state index contributed by atoms with van der Waals surface area (Å²) in [6, 6.07) is 0. The zero-order valence-electron chi connectivity index (χ0n) is 13.1. The topological polar surface area (TPSA) is 55.3 Å². The van der Waals surface area contributed by atoms with Crippen LogP contribution in [0.1, 0.15) is 49.4 Å². The van der Waals surface area contributed by atoms with Crippen LogP contribution in [-0.2, 0) is 18.5 Å². The molecule has 0 N–H and O–H groups in total. The molecule has 110 valence electrons. The van der Waals surface area contributed by atoms with Gasteiger partial charge >= 0.3 is 0 Å². The van der Waals surface area contributed by atoms with Crippen LogP contribution in [0.2, 0.25) is 0 Å². The molecule has 0 saturated carbocycles. The maximum Gasteiger partial charge on any atom is 0.208 e. The quantitative estimate of drug-likeness (QED) is 0.859. The first kappa shape index (κ1) is 14.8. The predicted octanol–water partition coefficient (Wildman–Crippen LogP) is 3.21. The van der Waals surface area contributed by atoms with E-state index in [-0.39, 0.29) is 5.41 Å². The van der Waals surface area contributed by atoms with Crippen molar-refractivity contribution < 1.29 is 8.94 Å². The second-order valence-corrected chi connectivity index (χ2v) is 6.34. The van der Waals surface area contributed by atoms with E-state index in [1.165, 1.54) is 0 Å². The lowest BCUT2D eigenvalue weighted by Gasteiger charge is -2.15. The molecule has 0 spiro atoms. The van der Waals surface area contributed by atoms with Crippen molar-refractivity contribution in [3.05, 3.63) is 34.9 Å². The molecule has 0 aromatic carbocycles. The molecule has 0 saturated heterocycles. The Morgan fingerprint density at radius 1 is 1.20 bits per heavy atom. The highest BCUT2D eigenvalue weighted by Crippen LogP contribution is 2.23. The van der Waals surface area contributed by atoms with Gasteiger partial charge in [-0.1, -0.05) is 25.9 Å². The maximum atomic E-state index is 5.81. The fourth-order valence-electron chi connectivity index (χ4n) is 2.01. The minimum absolute atomic E-state index is 0.00846. The average Bonchev–Trinajstić information content (AvgIpc) is 2.90. The van der Waals surface area contributed by atoms with Crippen molar-refractivity contribution in [1.29, 1.82) is 0 Å². The number of oxazole rings is 1. The summed E-state index contributed by atoms with van der Waals surface area (Å²) < 4.78 is 11.0. The van der Waals surface area contributed by atoms with Gasteiger partial charge in [0.1, 0.15) is 11.5 Å². The van der Waals surface area contributed by atoms with E-state index >= 15 is 0 Å². The fourth-order valence-corrected chi connectivity index (χ4v) is 2.01. The van der Waals surface area contributed by atoms with Crippen LogP contribution in [-0.4, -0.2) is 22.1 Å². The number of aryl methyl sites for hydroxylation is 2. The Hall–Kier alpha value is -1.62. The van der Waals surface area contributed by atoms with Gasteiger partial charge in [-0.25, -0.2) is 4.98 Å². The molecule has 2 heterocycles. The van der Waals surface area contributed by atoms with Crippen LogP contribution in [0.15, 0.2) is 15.1 Å². The molecule has 5 nitrogen and oxygen atoms in total. The first-order valence-corrected chi connectivity index (χ1v) is 6.83. The van der Waals surface area contributed by atoms with Crippen molar-refractivity contribution >= 4 is 0 Å². The van der Waals surface area contributed by atoms with Crippen molar-refractivity contribution in [3.63, 3.8) is 0 Å². The molecular weight excluding hydrogens is 254 g/mol. The third-order valence-electron chi connectivity index (χ3n) is 3.31. The zero-order valence-corrected chi connectivity index (χ0v) is 13.1. The molecule has 0 aliphatic carbocycles. The smallest absolute Gasteiger partial charge is 0.208 e. The van der Waals surface area contributed by atoms with Crippen molar-refractivity contribution in [2.75, 3.05) is 7.05 Å². The Kier molecular flexibility index (Phi) is 3.99. The number of rotatable bonds is 4. The lowest BCUT2D eigenvalue weighted by Crippen LogP contribution is -2.18. The summed E-state index contributed by atoms with van der Waals surface area (Å²) in [7, 11) is 2.03. The maximum absolute atomic E-state index is 5.81. The van der Waals surface area contributed by atoms with Crippen LogP contribution in [0, 0.1) is 13.8 Å². The number of aromatic nitrogens is 2. The summed E-state index contributed by atoms with van der Waals surface area (Å²) in [5, 5.41) is 3.97. The van der Waals surface area contributed by atoms with Gasteiger partial charge in [-0.05, 0) is 20.9 Å². The molecule has 2 rings (SSSR count). The largest absolute Gasteiger partial charge is 0.444 e. The first-order valence-electron chi connectivity index (χ1n) is 6.83. The van der Waals surface area contributed by atoms with Gasteiger partial charge in [0.05, 0.1) is 18.4 Å². The molecule has 0 atom stereocenters. The number of nitrogens with zero attached hydrogens (tertiary/aromatic N) is 3. The summed E-state index contributed by atoms with van der Waals surface area (Å²) in [6.45, 7) is 11.7. The summed E-state index contributed by atoms with van der Waals surface area (Å²) >= 11 is 0.